The van der Waals surface area contributed by atoms with Crippen molar-refractivity contribution >= 4 is 5.91 Å². The summed E-state index contributed by atoms with van der Waals surface area (Å²) in [4.78, 5) is 11.4. The van der Waals surface area contributed by atoms with Crippen LogP contribution in [0.25, 0.3) is 0 Å². The maximum absolute atomic E-state index is 11.4. The zero-order valence-corrected chi connectivity index (χ0v) is 10.9. The van der Waals surface area contributed by atoms with Gasteiger partial charge in [0.2, 0.25) is 5.91 Å². The second-order valence-electron chi connectivity index (χ2n) is 4.37. The van der Waals surface area contributed by atoms with E-state index in [-0.39, 0.29) is 11.9 Å². The number of nitrogens with one attached hydrogen (secondary N) is 2. The molecular formula is C14H22N2O. The van der Waals surface area contributed by atoms with Gasteiger partial charge in [-0.1, -0.05) is 36.8 Å². The third kappa shape index (κ3) is 5.00. The van der Waals surface area contributed by atoms with Crippen molar-refractivity contribution in [2.24, 2.45) is 0 Å². The SMILES string of the molecule is CCCNC(=O)CN[C@H](C)c1cccc(C)c1. The highest BCUT2D eigenvalue weighted by Gasteiger charge is 2.06. The summed E-state index contributed by atoms with van der Waals surface area (Å²) in [6.45, 7) is 7.31. The van der Waals surface area contributed by atoms with Gasteiger partial charge in [-0.15, -0.1) is 0 Å². The van der Waals surface area contributed by atoms with E-state index in [0.717, 1.165) is 13.0 Å². The molecule has 0 aliphatic heterocycles. The maximum atomic E-state index is 11.4. The number of amides is 1. The van der Waals surface area contributed by atoms with Crippen LogP contribution >= 0.6 is 0 Å². The van der Waals surface area contributed by atoms with E-state index in [2.05, 4.69) is 42.7 Å². The minimum atomic E-state index is 0.0614. The Morgan fingerprint density at radius 3 is 2.82 bits per heavy atom. The molecule has 0 aliphatic carbocycles. The summed E-state index contributed by atoms with van der Waals surface area (Å²) in [5.74, 6) is 0.0614. The first kappa shape index (κ1) is 13.7. The predicted octanol–water partition coefficient (Wildman–Crippen LogP) is 2.17. The van der Waals surface area contributed by atoms with Crippen LogP contribution in [-0.2, 0) is 4.79 Å². The molecule has 0 radical (unpaired) electrons. The van der Waals surface area contributed by atoms with Gasteiger partial charge in [0.25, 0.3) is 0 Å². The molecule has 2 N–H and O–H groups in total. The Labute approximate surface area is 104 Å². The summed E-state index contributed by atoms with van der Waals surface area (Å²) in [5.41, 5.74) is 2.46. The molecule has 0 heterocycles. The Balaban J connectivity index is 2.39. The molecule has 0 saturated heterocycles. The Bertz CT molecular complexity index is 363. The molecule has 0 spiro atoms. The zero-order valence-electron chi connectivity index (χ0n) is 10.9. The number of carbonyl (C=O) groups is 1. The summed E-state index contributed by atoms with van der Waals surface area (Å²) in [7, 11) is 0. The van der Waals surface area contributed by atoms with E-state index in [9.17, 15) is 4.79 Å². The highest BCUT2D eigenvalue weighted by molar-refractivity contribution is 5.77. The molecule has 0 bridgehead atoms. The second-order valence-corrected chi connectivity index (χ2v) is 4.37. The minimum Gasteiger partial charge on any atom is -0.355 e. The highest BCUT2D eigenvalue weighted by atomic mass is 16.1. The number of hydrogen-bond donors (Lipinski definition) is 2. The number of aryl methyl sites for hydroxylation is 1. The average molecular weight is 234 g/mol. The first-order chi connectivity index (χ1) is 8.13. The Hall–Kier alpha value is -1.35. The van der Waals surface area contributed by atoms with E-state index in [1.165, 1.54) is 11.1 Å². The lowest BCUT2D eigenvalue weighted by atomic mass is 10.1. The van der Waals surface area contributed by atoms with Gasteiger partial charge in [0.05, 0.1) is 6.54 Å². The van der Waals surface area contributed by atoms with Gasteiger partial charge in [-0.25, -0.2) is 0 Å². The maximum Gasteiger partial charge on any atom is 0.233 e. The van der Waals surface area contributed by atoms with Crippen molar-refractivity contribution in [3.05, 3.63) is 35.4 Å². The average Bonchev–Trinajstić information content (AvgIpc) is 2.33. The van der Waals surface area contributed by atoms with Gasteiger partial charge in [0.1, 0.15) is 0 Å². The molecule has 17 heavy (non-hydrogen) atoms. The Kier molecular flexibility index (Phi) is 5.70. The molecular weight excluding hydrogens is 212 g/mol. The summed E-state index contributed by atoms with van der Waals surface area (Å²) in [5, 5.41) is 6.07. The molecule has 1 aromatic rings. The largest absolute Gasteiger partial charge is 0.355 e. The molecule has 0 saturated carbocycles. The van der Waals surface area contributed by atoms with Crippen molar-refractivity contribution in [3.8, 4) is 0 Å². The second kappa shape index (κ2) is 7.07. The fourth-order valence-electron chi connectivity index (χ4n) is 1.63. The van der Waals surface area contributed by atoms with Crippen LogP contribution in [0.4, 0.5) is 0 Å². The van der Waals surface area contributed by atoms with E-state index < -0.39 is 0 Å². The van der Waals surface area contributed by atoms with E-state index in [1.54, 1.807) is 0 Å². The monoisotopic (exact) mass is 234 g/mol. The standard InChI is InChI=1S/C14H22N2O/c1-4-8-15-14(17)10-16-12(3)13-7-5-6-11(2)9-13/h5-7,9,12,16H,4,8,10H2,1-3H3,(H,15,17)/t12-/m1/s1. The molecule has 1 atom stereocenters. The number of rotatable bonds is 6. The fraction of sp³-hybridized carbons (Fsp3) is 0.500. The third-order valence-corrected chi connectivity index (χ3v) is 2.68. The van der Waals surface area contributed by atoms with Gasteiger partial charge in [-0.05, 0) is 25.8 Å². The van der Waals surface area contributed by atoms with Crippen LogP contribution in [0.15, 0.2) is 24.3 Å². The van der Waals surface area contributed by atoms with Crippen LogP contribution in [0.1, 0.15) is 37.4 Å². The lowest BCUT2D eigenvalue weighted by molar-refractivity contribution is -0.120. The van der Waals surface area contributed by atoms with Gasteiger partial charge < -0.3 is 10.6 Å². The van der Waals surface area contributed by atoms with Gasteiger partial charge in [-0.3, -0.25) is 4.79 Å². The van der Waals surface area contributed by atoms with Crippen LogP contribution in [0.2, 0.25) is 0 Å². The minimum absolute atomic E-state index is 0.0614. The molecule has 0 unspecified atom stereocenters. The summed E-state index contributed by atoms with van der Waals surface area (Å²) in [6.07, 6.45) is 0.971. The molecule has 0 fully saturated rings. The first-order valence-electron chi connectivity index (χ1n) is 6.20. The quantitative estimate of drug-likeness (QED) is 0.792. The first-order valence-corrected chi connectivity index (χ1v) is 6.20. The number of carbonyl (C=O) groups excluding carboxylic acids is 1. The van der Waals surface area contributed by atoms with E-state index in [0.29, 0.717) is 6.54 Å². The fourth-order valence-corrected chi connectivity index (χ4v) is 1.63. The topological polar surface area (TPSA) is 41.1 Å². The van der Waals surface area contributed by atoms with Gasteiger partial charge >= 0.3 is 0 Å². The normalized spacial score (nSPS) is 12.2. The number of benzene rings is 1. The molecule has 3 heteroatoms. The lowest BCUT2D eigenvalue weighted by Gasteiger charge is -2.14. The molecule has 0 aromatic heterocycles. The molecule has 94 valence electrons. The molecule has 0 aliphatic rings. The van der Waals surface area contributed by atoms with Crippen LogP contribution in [-0.4, -0.2) is 19.0 Å². The van der Waals surface area contributed by atoms with Crippen LogP contribution in [0.3, 0.4) is 0 Å². The molecule has 3 nitrogen and oxygen atoms in total. The van der Waals surface area contributed by atoms with Gasteiger partial charge in [0.15, 0.2) is 0 Å². The van der Waals surface area contributed by atoms with Crippen LogP contribution < -0.4 is 10.6 Å². The molecule has 1 rings (SSSR count). The molecule has 1 aromatic carbocycles. The number of hydrogen-bond acceptors (Lipinski definition) is 2. The zero-order chi connectivity index (χ0) is 12.7. The van der Waals surface area contributed by atoms with Crippen LogP contribution in [0, 0.1) is 6.92 Å². The Morgan fingerprint density at radius 1 is 1.41 bits per heavy atom. The smallest absolute Gasteiger partial charge is 0.233 e. The summed E-state index contributed by atoms with van der Waals surface area (Å²) < 4.78 is 0. The highest BCUT2D eigenvalue weighted by Crippen LogP contribution is 2.13. The van der Waals surface area contributed by atoms with Crippen molar-refractivity contribution in [1.82, 2.24) is 10.6 Å². The van der Waals surface area contributed by atoms with Crippen molar-refractivity contribution < 1.29 is 4.79 Å². The van der Waals surface area contributed by atoms with Crippen molar-refractivity contribution in [2.75, 3.05) is 13.1 Å². The van der Waals surface area contributed by atoms with Gasteiger partial charge in [-0.2, -0.15) is 0 Å². The summed E-state index contributed by atoms with van der Waals surface area (Å²) >= 11 is 0. The Morgan fingerprint density at radius 2 is 2.18 bits per heavy atom. The summed E-state index contributed by atoms with van der Waals surface area (Å²) in [6, 6.07) is 8.53. The molecule has 1 amide bonds. The predicted molar refractivity (Wildman–Crippen MR) is 70.9 cm³/mol. The van der Waals surface area contributed by atoms with E-state index >= 15 is 0 Å². The van der Waals surface area contributed by atoms with Crippen molar-refractivity contribution in [1.29, 1.82) is 0 Å². The van der Waals surface area contributed by atoms with Crippen molar-refractivity contribution in [2.45, 2.75) is 33.2 Å². The van der Waals surface area contributed by atoms with Gasteiger partial charge in [0, 0.05) is 12.6 Å². The van der Waals surface area contributed by atoms with Crippen LogP contribution in [0.5, 0.6) is 0 Å². The third-order valence-electron chi connectivity index (χ3n) is 2.68. The van der Waals surface area contributed by atoms with E-state index in [4.69, 9.17) is 0 Å². The lowest BCUT2D eigenvalue weighted by Crippen LogP contribution is -2.35. The van der Waals surface area contributed by atoms with E-state index in [1.807, 2.05) is 13.0 Å². The van der Waals surface area contributed by atoms with Crippen molar-refractivity contribution in [3.63, 3.8) is 0 Å².